The Morgan fingerprint density at radius 3 is 2.57 bits per heavy atom. The molecule has 3 saturated carbocycles. The van der Waals surface area contributed by atoms with Gasteiger partial charge >= 0.3 is 5.97 Å². The van der Waals surface area contributed by atoms with E-state index in [9.17, 15) is 9.59 Å². The lowest BCUT2D eigenvalue weighted by Gasteiger charge is -2.61. The maximum atomic E-state index is 13.7. The molecule has 8 atom stereocenters. The molecule has 302 valence electrons. The number of carbonyl (C=O) groups excluding carboxylic acids is 1. The van der Waals surface area contributed by atoms with Crippen LogP contribution in [0.15, 0.2) is 57.3 Å². The van der Waals surface area contributed by atoms with E-state index >= 15 is 0 Å². The van der Waals surface area contributed by atoms with Crippen molar-refractivity contribution in [2.75, 3.05) is 19.8 Å². The summed E-state index contributed by atoms with van der Waals surface area (Å²) in [5, 5.41) is 0.443. The second-order valence-corrected chi connectivity index (χ2v) is 19.2. The smallest absolute Gasteiger partial charge is 0.344 e. The van der Waals surface area contributed by atoms with Crippen molar-refractivity contribution in [3.05, 3.63) is 64.0 Å². The zero-order valence-corrected chi connectivity index (χ0v) is 34.8. The Hall–Kier alpha value is -3.74. The fourth-order valence-corrected chi connectivity index (χ4v) is 12.0. The SMILES string of the molecule is Cc1oc2cc(OCC(=O)O[C@@H]3CC[C@@]4(C)C(=CC[C@@H]5[C@@H]6CC[C@H]([C@@H](C)CCCC(C)C)C[C@@]6(C)CC[C@@H]54)C3)ccc2c(=O)c1-c1ccc2c(c1)OCCCO2. The van der Waals surface area contributed by atoms with Gasteiger partial charge in [-0.3, -0.25) is 4.79 Å². The maximum Gasteiger partial charge on any atom is 0.344 e. The molecule has 2 aromatic carbocycles. The van der Waals surface area contributed by atoms with Crippen molar-refractivity contribution in [1.82, 2.24) is 0 Å². The molecule has 0 radical (unpaired) electrons. The van der Waals surface area contributed by atoms with Crippen molar-refractivity contribution >= 4 is 16.9 Å². The molecule has 0 bridgehead atoms. The van der Waals surface area contributed by atoms with Crippen molar-refractivity contribution in [1.29, 1.82) is 0 Å². The van der Waals surface area contributed by atoms with Crippen LogP contribution in [0.3, 0.4) is 0 Å². The molecule has 0 N–H and O–H groups in total. The summed E-state index contributed by atoms with van der Waals surface area (Å²) in [7, 11) is 0. The molecular formula is C49H64O7. The molecule has 0 amide bonds. The molecule has 2 heterocycles. The van der Waals surface area contributed by atoms with E-state index in [2.05, 4.69) is 40.7 Å². The summed E-state index contributed by atoms with van der Waals surface area (Å²) in [4.78, 5) is 26.8. The second-order valence-electron chi connectivity index (χ2n) is 19.2. The van der Waals surface area contributed by atoms with Crippen LogP contribution in [0.2, 0.25) is 0 Å². The van der Waals surface area contributed by atoms with Crippen LogP contribution in [-0.4, -0.2) is 31.9 Å². The van der Waals surface area contributed by atoms with Gasteiger partial charge in [0.1, 0.15) is 23.2 Å². The largest absolute Gasteiger partial charge is 0.490 e. The van der Waals surface area contributed by atoms with Crippen LogP contribution in [0.4, 0.5) is 0 Å². The van der Waals surface area contributed by atoms with Crippen LogP contribution in [-0.2, 0) is 9.53 Å². The number of allylic oxidation sites excluding steroid dienone is 1. The molecular weight excluding hydrogens is 701 g/mol. The van der Waals surface area contributed by atoms with E-state index in [1.54, 1.807) is 25.1 Å². The minimum absolute atomic E-state index is 0.121. The topological polar surface area (TPSA) is 84.2 Å². The minimum Gasteiger partial charge on any atom is -0.490 e. The quantitative estimate of drug-likeness (QED) is 0.150. The number of esters is 1. The van der Waals surface area contributed by atoms with Crippen LogP contribution in [0, 0.1) is 53.3 Å². The summed E-state index contributed by atoms with van der Waals surface area (Å²) in [6.45, 7) is 15.2. The lowest BCUT2D eigenvalue weighted by Crippen LogP contribution is -2.52. The van der Waals surface area contributed by atoms with Gasteiger partial charge in [-0.15, -0.1) is 0 Å². The van der Waals surface area contributed by atoms with Crippen molar-refractivity contribution in [3.63, 3.8) is 0 Å². The van der Waals surface area contributed by atoms with Crippen molar-refractivity contribution in [2.24, 2.45) is 46.3 Å². The molecule has 0 spiro atoms. The molecule has 5 aliphatic rings. The lowest BCUT2D eigenvalue weighted by atomic mass is 9.44. The first kappa shape index (κ1) is 39.1. The third-order valence-electron chi connectivity index (χ3n) is 15.1. The average molecular weight is 765 g/mol. The number of benzene rings is 2. The third-order valence-corrected chi connectivity index (χ3v) is 15.1. The van der Waals surface area contributed by atoms with E-state index in [1.807, 2.05) is 18.2 Å². The van der Waals surface area contributed by atoms with E-state index < -0.39 is 0 Å². The molecule has 0 unspecified atom stereocenters. The second kappa shape index (κ2) is 15.9. The molecule has 8 rings (SSSR count). The first-order chi connectivity index (χ1) is 26.9. The van der Waals surface area contributed by atoms with Gasteiger partial charge in [0.2, 0.25) is 5.43 Å². The van der Waals surface area contributed by atoms with Crippen molar-refractivity contribution in [2.45, 2.75) is 131 Å². The molecule has 1 aliphatic heterocycles. The highest BCUT2D eigenvalue weighted by molar-refractivity contribution is 5.84. The van der Waals surface area contributed by atoms with Gasteiger partial charge in [-0.1, -0.05) is 71.6 Å². The zero-order valence-electron chi connectivity index (χ0n) is 34.8. The standard InChI is InChI=1S/C49H64O7/c1-30(2)9-7-10-31(3)34-11-17-40-38-15-13-35-26-37(19-22-49(35,6)41(38)20-21-48(40,5)28-34)56-45(50)29-54-36-14-16-39-43(27-36)55-32(4)46(47(39)51)33-12-18-42-44(25-33)53-24-8-23-52-42/h12-14,16,18,25,27,30-31,34,37-38,40-41H,7-11,15,17,19-24,26,28-29H2,1-6H3/t31-,34-,37+,38+,40-,41-,48+,49-/m0/s1. The summed E-state index contributed by atoms with van der Waals surface area (Å²) < 4.78 is 29.8. The van der Waals surface area contributed by atoms with Crippen LogP contribution in [0.25, 0.3) is 22.1 Å². The van der Waals surface area contributed by atoms with Crippen molar-refractivity contribution < 1.29 is 28.2 Å². The highest BCUT2D eigenvalue weighted by atomic mass is 16.6. The van der Waals surface area contributed by atoms with Gasteiger partial charge in [-0.2, -0.15) is 0 Å². The maximum absolute atomic E-state index is 13.7. The normalized spacial score (nSPS) is 30.3. The third kappa shape index (κ3) is 7.65. The minimum atomic E-state index is -0.362. The Morgan fingerprint density at radius 1 is 0.929 bits per heavy atom. The monoisotopic (exact) mass is 764 g/mol. The molecule has 0 saturated heterocycles. The van der Waals surface area contributed by atoms with Gasteiger partial charge in [-0.25, -0.2) is 4.79 Å². The Morgan fingerprint density at radius 2 is 1.75 bits per heavy atom. The molecule has 4 aliphatic carbocycles. The Balaban J connectivity index is 0.867. The fraction of sp³-hybridized carbons (Fsp3) is 0.633. The van der Waals surface area contributed by atoms with E-state index in [0.29, 0.717) is 63.7 Å². The first-order valence-electron chi connectivity index (χ1n) is 21.9. The van der Waals surface area contributed by atoms with Crippen molar-refractivity contribution in [3.8, 4) is 28.4 Å². The zero-order chi connectivity index (χ0) is 39.2. The van der Waals surface area contributed by atoms with Gasteiger partial charge in [0.05, 0.1) is 24.2 Å². The number of fused-ring (bicyclic) bond motifs is 7. The van der Waals surface area contributed by atoms with Crippen LogP contribution < -0.4 is 19.6 Å². The Kier molecular flexibility index (Phi) is 11.1. The summed E-state index contributed by atoms with van der Waals surface area (Å²) in [5.41, 5.74) is 3.69. The molecule has 1 aromatic heterocycles. The van der Waals surface area contributed by atoms with Gasteiger partial charge in [0.15, 0.2) is 18.1 Å². The highest BCUT2D eigenvalue weighted by Crippen LogP contribution is 2.65. The van der Waals surface area contributed by atoms with Gasteiger partial charge < -0.3 is 23.4 Å². The van der Waals surface area contributed by atoms with Crippen LogP contribution in [0.5, 0.6) is 17.2 Å². The first-order valence-corrected chi connectivity index (χ1v) is 21.9. The van der Waals surface area contributed by atoms with Gasteiger partial charge in [-0.05, 0) is 134 Å². The number of aryl methyl sites for hydroxylation is 1. The summed E-state index contributed by atoms with van der Waals surface area (Å²) >= 11 is 0. The molecule has 3 aromatic rings. The summed E-state index contributed by atoms with van der Waals surface area (Å²) in [6.07, 6.45) is 18.3. The number of ether oxygens (including phenoxy) is 4. The van der Waals surface area contributed by atoms with E-state index in [0.717, 1.165) is 61.2 Å². The fourth-order valence-electron chi connectivity index (χ4n) is 12.0. The molecule has 56 heavy (non-hydrogen) atoms. The van der Waals surface area contributed by atoms with Crippen LogP contribution >= 0.6 is 0 Å². The predicted octanol–water partition coefficient (Wildman–Crippen LogP) is 11.7. The highest BCUT2D eigenvalue weighted by Gasteiger charge is 2.56. The number of carbonyl (C=O) groups is 1. The molecule has 7 nitrogen and oxygen atoms in total. The van der Waals surface area contributed by atoms with Crippen LogP contribution in [0.1, 0.15) is 124 Å². The molecule has 7 heteroatoms. The van der Waals surface area contributed by atoms with E-state index in [1.165, 1.54) is 63.4 Å². The van der Waals surface area contributed by atoms with Gasteiger partial charge in [0, 0.05) is 18.9 Å². The predicted molar refractivity (Wildman–Crippen MR) is 221 cm³/mol. The number of hydrogen-bond donors (Lipinski definition) is 0. The summed E-state index contributed by atoms with van der Waals surface area (Å²) in [6, 6.07) is 10.6. The molecule has 3 fully saturated rings. The number of rotatable bonds is 10. The average Bonchev–Trinajstić information content (AvgIpc) is 3.41. The lowest BCUT2D eigenvalue weighted by molar-refractivity contribution is -0.154. The Bertz CT molecular complexity index is 2010. The van der Waals surface area contributed by atoms with Gasteiger partial charge in [0.25, 0.3) is 0 Å². The Labute approximate surface area is 333 Å². The van der Waals surface area contributed by atoms with E-state index in [-0.39, 0.29) is 29.5 Å². The number of hydrogen-bond acceptors (Lipinski definition) is 7. The summed E-state index contributed by atoms with van der Waals surface area (Å²) in [5.74, 6) is 6.79. The van der Waals surface area contributed by atoms with E-state index in [4.69, 9.17) is 23.4 Å².